The van der Waals surface area contributed by atoms with Crippen molar-refractivity contribution in [3.63, 3.8) is 0 Å². The maximum atomic E-state index is 14.1. The molecule has 0 aromatic rings. The zero-order valence-electron chi connectivity index (χ0n) is 28.5. The molecule has 3 saturated heterocycles. The van der Waals surface area contributed by atoms with Crippen molar-refractivity contribution in [3.05, 3.63) is 0 Å². The highest BCUT2D eigenvalue weighted by Gasteiger charge is 2.44. The molecule has 0 aromatic carbocycles. The molecule has 43 heavy (non-hydrogen) atoms. The molecule has 3 fully saturated rings. The number of hydrogen-bond donors (Lipinski definition) is 1. The van der Waals surface area contributed by atoms with Gasteiger partial charge in [-0.05, 0) is 83.8 Å². The van der Waals surface area contributed by atoms with Gasteiger partial charge in [-0.25, -0.2) is 0 Å². The zero-order valence-corrected chi connectivity index (χ0v) is 28.5. The van der Waals surface area contributed by atoms with E-state index in [9.17, 15) is 19.2 Å². The van der Waals surface area contributed by atoms with Gasteiger partial charge >= 0.3 is 0 Å². The highest BCUT2D eigenvalue weighted by atomic mass is 16.2. The summed E-state index contributed by atoms with van der Waals surface area (Å²) in [4.78, 5) is 64.5. The number of carbonyl (C=O) groups excluding carboxylic acids is 4. The van der Waals surface area contributed by atoms with Crippen LogP contribution in [0.3, 0.4) is 0 Å². The van der Waals surface area contributed by atoms with Crippen LogP contribution in [0.5, 0.6) is 0 Å². The summed E-state index contributed by atoms with van der Waals surface area (Å²) in [5, 5.41) is 3.14. The van der Waals surface area contributed by atoms with Crippen LogP contribution in [0.25, 0.3) is 0 Å². The van der Waals surface area contributed by atoms with Crippen LogP contribution in [0.15, 0.2) is 0 Å². The lowest BCUT2D eigenvalue weighted by Crippen LogP contribution is -2.61. The number of amides is 4. The Morgan fingerprint density at radius 3 is 2.05 bits per heavy atom. The van der Waals surface area contributed by atoms with Gasteiger partial charge in [-0.15, -0.1) is 0 Å². The lowest BCUT2D eigenvalue weighted by molar-refractivity contribution is -0.147. The molecule has 3 heterocycles. The Bertz CT molecular complexity index is 977. The van der Waals surface area contributed by atoms with Crippen molar-refractivity contribution in [2.24, 2.45) is 11.3 Å². The summed E-state index contributed by atoms with van der Waals surface area (Å²) in [5.41, 5.74) is -0.468. The second kappa shape index (κ2) is 15.2. The van der Waals surface area contributed by atoms with Gasteiger partial charge in [-0.2, -0.15) is 0 Å². The molecule has 4 amide bonds. The van der Waals surface area contributed by atoms with E-state index in [4.69, 9.17) is 0 Å². The predicted molar refractivity (Wildman–Crippen MR) is 170 cm³/mol. The predicted octanol–water partition coefficient (Wildman–Crippen LogP) is 2.81. The van der Waals surface area contributed by atoms with Gasteiger partial charge in [0.05, 0.1) is 12.1 Å². The first-order valence-electron chi connectivity index (χ1n) is 16.8. The summed E-state index contributed by atoms with van der Waals surface area (Å²) < 4.78 is 0. The van der Waals surface area contributed by atoms with Crippen LogP contribution in [0.1, 0.15) is 93.4 Å². The average molecular weight is 605 g/mol. The highest BCUT2D eigenvalue weighted by molar-refractivity contribution is 5.91. The second-order valence-electron chi connectivity index (χ2n) is 14.4. The van der Waals surface area contributed by atoms with E-state index in [1.54, 1.807) is 0 Å². The summed E-state index contributed by atoms with van der Waals surface area (Å²) in [5.74, 6) is 0.0860. The third-order valence-electron chi connectivity index (χ3n) is 10.1. The lowest BCUT2D eigenvalue weighted by Gasteiger charge is -2.41. The molecule has 3 rings (SSSR count). The third-order valence-corrected chi connectivity index (χ3v) is 10.1. The summed E-state index contributed by atoms with van der Waals surface area (Å²) in [6.07, 6.45) is 6.15. The SMILES string of the molecule is CCN(CC)C(=O)C1CCCN1C(=O)[C@@H]1CCCN1C[C@H](C(C)C)N(C)C(=O)[C@@H](NC(=O)[C@H]1CCCCN1C)C(C)(C)C. The van der Waals surface area contributed by atoms with Crippen LogP contribution in [0, 0.1) is 11.3 Å². The average Bonchev–Trinajstić information content (AvgIpc) is 3.63. The van der Waals surface area contributed by atoms with Gasteiger partial charge in [-0.3, -0.25) is 29.0 Å². The standard InChI is InChI=1S/C33H60N6O4/c1-10-37(11-2)30(41)26-18-15-21-39(26)31(42)25-17-14-20-38(25)22-27(23(3)4)36(9)32(43)28(33(5,6)7)34-29(40)24-16-12-13-19-35(24)8/h23-28H,10-22H2,1-9H3,(H,34,40)/t24-,25+,26?,27-,28-/m1/s1. The first kappa shape index (κ1) is 35.3. The maximum absolute atomic E-state index is 14.1. The fourth-order valence-corrected chi connectivity index (χ4v) is 7.23. The maximum Gasteiger partial charge on any atom is 0.245 e. The summed E-state index contributed by atoms with van der Waals surface area (Å²) in [6.45, 7) is 18.4. The van der Waals surface area contributed by atoms with Crippen molar-refractivity contribution in [1.29, 1.82) is 0 Å². The van der Waals surface area contributed by atoms with Gasteiger partial charge in [-0.1, -0.05) is 41.0 Å². The fourth-order valence-electron chi connectivity index (χ4n) is 7.23. The van der Waals surface area contributed by atoms with Gasteiger partial charge in [0.1, 0.15) is 12.1 Å². The smallest absolute Gasteiger partial charge is 0.245 e. The van der Waals surface area contributed by atoms with Crippen LogP contribution < -0.4 is 5.32 Å². The van der Waals surface area contributed by atoms with Crippen LogP contribution in [0.2, 0.25) is 0 Å². The molecular weight excluding hydrogens is 544 g/mol. The van der Waals surface area contributed by atoms with E-state index < -0.39 is 11.5 Å². The Balaban J connectivity index is 1.74. The summed E-state index contributed by atoms with van der Waals surface area (Å²) in [7, 11) is 3.83. The first-order valence-corrected chi connectivity index (χ1v) is 16.8. The van der Waals surface area contributed by atoms with Crippen LogP contribution in [-0.4, -0.2) is 132 Å². The van der Waals surface area contributed by atoms with Crippen molar-refractivity contribution in [2.75, 3.05) is 53.4 Å². The number of nitrogens with one attached hydrogen (secondary N) is 1. The van der Waals surface area contributed by atoms with Crippen LogP contribution >= 0.6 is 0 Å². The van der Waals surface area contributed by atoms with Crippen LogP contribution in [0.4, 0.5) is 0 Å². The Morgan fingerprint density at radius 2 is 1.47 bits per heavy atom. The number of piperidine rings is 1. The fraction of sp³-hybridized carbons (Fsp3) is 0.879. The molecule has 3 aliphatic rings. The summed E-state index contributed by atoms with van der Waals surface area (Å²) in [6, 6.07) is -1.66. The molecule has 0 aromatic heterocycles. The molecule has 0 spiro atoms. The molecule has 10 nitrogen and oxygen atoms in total. The van der Waals surface area contributed by atoms with E-state index in [1.807, 2.05) is 63.4 Å². The number of rotatable bonds is 11. The normalized spacial score (nSPS) is 25.1. The number of likely N-dealkylation sites (tertiary alicyclic amines) is 3. The van der Waals surface area contributed by atoms with Gasteiger partial charge in [0.15, 0.2) is 0 Å². The van der Waals surface area contributed by atoms with E-state index in [2.05, 4.69) is 29.0 Å². The van der Waals surface area contributed by atoms with E-state index in [0.717, 1.165) is 58.0 Å². The molecule has 246 valence electrons. The van der Waals surface area contributed by atoms with Crippen molar-refractivity contribution < 1.29 is 19.2 Å². The Hall–Kier alpha value is -2.20. The van der Waals surface area contributed by atoms with Crippen molar-refractivity contribution >= 4 is 23.6 Å². The van der Waals surface area contributed by atoms with Gasteiger partial charge in [0.2, 0.25) is 23.6 Å². The molecule has 0 saturated carbocycles. The zero-order chi connectivity index (χ0) is 32.1. The molecule has 10 heteroatoms. The molecule has 0 radical (unpaired) electrons. The van der Waals surface area contributed by atoms with E-state index in [0.29, 0.717) is 26.2 Å². The number of likely N-dealkylation sites (N-methyl/N-ethyl adjacent to an activating group) is 3. The van der Waals surface area contributed by atoms with Crippen molar-refractivity contribution in [3.8, 4) is 0 Å². The molecule has 0 aliphatic carbocycles. The van der Waals surface area contributed by atoms with Crippen molar-refractivity contribution in [2.45, 2.75) is 124 Å². The van der Waals surface area contributed by atoms with E-state index >= 15 is 0 Å². The Labute approximate surface area is 260 Å². The van der Waals surface area contributed by atoms with E-state index in [-0.39, 0.29) is 53.7 Å². The number of nitrogens with zero attached hydrogens (tertiary/aromatic N) is 5. The van der Waals surface area contributed by atoms with Crippen LogP contribution in [-0.2, 0) is 19.2 Å². The van der Waals surface area contributed by atoms with Gasteiger partial charge < -0.3 is 20.0 Å². The third kappa shape index (κ3) is 8.29. The minimum Gasteiger partial charge on any atom is -0.342 e. The first-order chi connectivity index (χ1) is 20.2. The number of carbonyl (C=O) groups is 4. The second-order valence-corrected chi connectivity index (χ2v) is 14.4. The van der Waals surface area contributed by atoms with E-state index in [1.165, 1.54) is 0 Å². The van der Waals surface area contributed by atoms with Gasteiger partial charge in [0, 0.05) is 39.3 Å². The Kier molecular flexibility index (Phi) is 12.5. The minimum atomic E-state index is -0.658. The quantitative estimate of drug-likeness (QED) is 0.390. The summed E-state index contributed by atoms with van der Waals surface area (Å²) >= 11 is 0. The van der Waals surface area contributed by atoms with Crippen molar-refractivity contribution in [1.82, 2.24) is 29.8 Å². The highest BCUT2D eigenvalue weighted by Crippen LogP contribution is 2.29. The molecular formula is C33H60N6O4. The number of hydrogen-bond acceptors (Lipinski definition) is 6. The minimum absolute atomic E-state index is 0.0495. The molecule has 3 aliphatic heterocycles. The monoisotopic (exact) mass is 604 g/mol. The molecule has 0 bridgehead atoms. The molecule has 1 N–H and O–H groups in total. The molecule has 5 atom stereocenters. The lowest BCUT2D eigenvalue weighted by atomic mass is 9.84. The van der Waals surface area contributed by atoms with Gasteiger partial charge in [0.25, 0.3) is 0 Å². The largest absolute Gasteiger partial charge is 0.342 e. The molecule has 1 unspecified atom stereocenters. The topological polar surface area (TPSA) is 96.5 Å². The Morgan fingerprint density at radius 1 is 0.860 bits per heavy atom.